The molecule has 0 aromatic heterocycles. The second kappa shape index (κ2) is 6.57. The molecule has 1 aromatic rings. The van der Waals surface area contributed by atoms with Gasteiger partial charge in [-0.05, 0) is 24.2 Å². The minimum atomic E-state index is -0.828. The molecule has 0 bridgehead atoms. The third-order valence-corrected chi connectivity index (χ3v) is 2.79. The normalized spacial score (nSPS) is 10.8. The van der Waals surface area contributed by atoms with E-state index in [2.05, 4.69) is 0 Å². The highest BCUT2D eigenvalue weighted by molar-refractivity contribution is 6.30. The number of aliphatic carboxylic acids is 1. The quantitative estimate of drug-likeness (QED) is 0.854. The maximum Gasteiger partial charge on any atom is 0.304 e. The summed E-state index contributed by atoms with van der Waals surface area (Å²) in [4.78, 5) is 12.4. The van der Waals surface area contributed by atoms with Crippen LogP contribution in [0.15, 0.2) is 18.2 Å². The number of carbonyl (C=O) groups is 1. The Hall–Kier alpha value is -1.13. The molecule has 0 aliphatic rings. The summed E-state index contributed by atoms with van der Waals surface area (Å²) in [5.74, 6) is -1.27. The topological polar surface area (TPSA) is 40.5 Å². The number of carboxylic acid groups (broad SMARTS) is 1. The number of benzene rings is 1. The van der Waals surface area contributed by atoms with Crippen LogP contribution in [0, 0.1) is 5.82 Å². The summed E-state index contributed by atoms with van der Waals surface area (Å²) in [6, 6.07) is 4.64. The number of hydrogen-bond donors (Lipinski definition) is 1. The van der Waals surface area contributed by atoms with Gasteiger partial charge in [0.2, 0.25) is 0 Å². The van der Waals surface area contributed by atoms with Crippen LogP contribution in [-0.4, -0.2) is 29.1 Å². The molecule has 1 aromatic carbocycles. The first-order valence-corrected chi connectivity index (χ1v) is 5.78. The molecule has 0 aliphatic heterocycles. The summed E-state index contributed by atoms with van der Waals surface area (Å²) in [6.07, 6.45) is 0.0872. The Kier molecular flexibility index (Phi) is 5.38. The molecular formula is C12H15ClFNO2. The molecule has 0 unspecified atom stereocenters. The Morgan fingerprint density at radius 1 is 1.53 bits per heavy atom. The van der Waals surface area contributed by atoms with Crippen LogP contribution < -0.4 is 0 Å². The third-order valence-electron chi connectivity index (χ3n) is 2.48. The van der Waals surface area contributed by atoms with Gasteiger partial charge in [-0.15, -0.1) is 0 Å². The first-order chi connectivity index (χ1) is 8.02. The fourth-order valence-electron chi connectivity index (χ4n) is 1.50. The molecule has 1 N–H and O–H groups in total. The van der Waals surface area contributed by atoms with Crippen molar-refractivity contribution in [2.24, 2.45) is 0 Å². The molecule has 0 radical (unpaired) electrons. The van der Waals surface area contributed by atoms with Crippen LogP contribution in [0.25, 0.3) is 0 Å². The molecule has 5 heteroatoms. The number of nitrogens with zero attached hydrogens (tertiary/aromatic N) is 1. The standard InChI is InChI=1S/C12H15ClFNO2/c1-2-15(6-5-12(16)17)8-9-3-4-10(13)11(14)7-9/h3-4,7H,2,5-6,8H2,1H3,(H,16,17). The molecule has 17 heavy (non-hydrogen) atoms. The Labute approximate surface area is 105 Å². The van der Waals surface area contributed by atoms with Crippen LogP contribution in [0.4, 0.5) is 4.39 Å². The molecule has 3 nitrogen and oxygen atoms in total. The highest BCUT2D eigenvalue weighted by Gasteiger charge is 2.08. The Balaban J connectivity index is 2.60. The molecule has 0 atom stereocenters. The van der Waals surface area contributed by atoms with Gasteiger partial charge in [-0.1, -0.05) is 24.6 Å². The SMILES string of the molecule is CCN(CCC(=O)O)Cc1ccc(Cl)c(F)c1. The Morgan fingerprint density at radius 3 is 2.76 bits per heavy atom. The molecule has 0 aliphatic carbocycles. The maximum absolute atomic E-state index is 13.2. The van der Waals surface area contributed by atoms with Crippen LogP contribution >= 0.6 is 11.6 Å². The minimum absolute atomic E-state index is 0.0872. The number of halogens is 2. The summed E-state index contributed by atoms with van der Waals surface area (Å²) in [7, 11) is 0. The molecule has 0 amide bonds. The number of rotatable bonds is 6. The van der Waals surface area contributed by atoms with Gasteiger partial charge in [0.05, 0.1) is 11.4 Å². The van der Waals surface area contributed by atoms with Crippen LogP contribution in [0.3, 0.4) is 0 Å². The van der Waals surface area contributed by atoms with Crippen molar-refractivity contribution in [2.75, 3.05) is 13.1 Å². The van der Waals surface area contributed by atoms with Gasteiger partial charge < -0.3 is 5.11 Å². The molecular weight excluding hydrogens is 245 g/mol. The van der Waals surface area contributed by atoms with Gasteiger partial charge in [0.1, 0.15) is 5.82 Å². The largest absolute Gasteiger partial charge is 0.481 e. The summed E-state index contributed by atoms with van der Waals surface area (Å²) >= 11 is 5.59. The monoisotopic (exact) mass is 259 g/mol. The highest BCUT2D eigenvalue weighted by atomic mass is 35.5. The number of hydrogen-bond acceptors (Lipinski definition) is 2. The Morgan fingerprint density at radius 2 is 2.24 bits per heavy atom. The van der Waals surface area contributed by atoms with Crippen molar-refractivity contribution in [1.82, 2.24) is 4.90 Å². The van der Waals surface area contributed by atoms with Gasteiger partial charge in [0, 0.05) is 13.1 Å². The first kappa shape index (κ1) is 13.9. The zero-order valence-electron chi connectivity index (χ0n) is 9.62. The van der Waals surface area contributed by atoms with Crippen molar-refractivity contribution in [3.05, 3.63) is 34.6 Å². The predicted octanol–water partition coefficient (Wildman–Crippen LogP) is 2.78. The van der Waals surface area contributed by atoms with Crippen LogP contribution in [0.2, 0.25) is 5.02 Å². The Bertz CT molecular complexity index is 398. The molecule has 0 saturated carbocycles. The molecule has 94 valence electrons. The van der Waals surface area contributed by atoms with E-state index in [1.807, 2.05) is 11.8 Å². The predicted molar refractivity (Wildman–Crippen MR) is 64.6 cm³/mol. The lowest BCUT2D eigenvalue weighted by atomic mass is 10.2. The van der Waals surface area contributed by atoms with Gasteiger partial charge in [-0.3, -0.25) is 9.69 Å². The molecule has 0 fully saturated rings. The van der Waals surface area contributed by atoms with Gasteiger partial charge in [-0.25, -0.2) is 4.39 Å². The van der Waals surface area contributed by atoms with E-state index in [4.69, 9.17) is 16.7 Å². The zero-order chi connectivity index (χ0) is 12.8. The first-order valence-electron chi connectivity index (χ1n) is 5.41. The van der Waals surface area contributed by atoms with E-state index in [1.54, 1.807) is 6.07 Å². The van der Waals surface area contributed by atoms with Crippen molar-refractivity contribution in [3.8, 4) is 0 Å². The van der Waals surface area contributed by atoms with E-state index in [1.165, 1.54) is 12.1 Å². The third kappa shape index (κ3) is 4.71. The van der Waals surface area contributed by atoms with E-state index in [0.717, 1.165) is 12.1 Å². The van der Waals surface area contributed by atoms with Gasteiger partial charge >= 0.3 is 5.97 Å². The minimum Gasteiger partial charge on any atom is -0.481 e. The lowest BCUT2D eigenvalue weighted by Gasteiger charge is -2.19. The van der Waals surface area contributed by atoms with Crippen molar-refractivity contribution < 1.29 is 14.3 Å². The van der Waals surface area contributed by atoms with Gasteiger partial charge in [-0.2, -0.15) is 0 Å². The molecule has 1 rings (SSSR count). The van der Waals surface area contributed by atoms with E-state index >= 15 is 0 Å². The fourth-order valence-corrected chi connectivity index (χ4v) is 1.62. The number of carboxylic acids is 1. The van der Waals surface area contributed by atoms with E-state index < -0.39 is 11.8 Å². The second-order valence-corrected chi connectivity index (χ2v) is 4.17. The summed E-state index contributed by atoms with van der Waals surface area (Å²) in [5.41, 5.74) is 0.791. The zero-order valence-corrected chi connectivity index (χ0v) is 10.4. The van der Waals surface area contributed by atoms with Gasteiger partial charge in [0.25, 0.3) is 0 Å². The summed E-state index contributed by atoms with van der Waals surface area (Å²) in [6.45, 7) is 3.64. The van der Waals surface area contributed by atoms with Crippen molar-refractivity contribution in [3.63, 3.8) is 0 Å². The lowest BCUT2D eigenvalue weighted by molar-refractivity contribution is -0.137. The van der Waals surface area contributed by atoms with Crippen molar-refractivity contribution >= 4 is 17.6 Å². The van der Waals surface area contributed by atoms with Crippen LogP contribution in [0.1, 0.15) is 18.9 Å². The van der Waals surface area contributed by atoms with Crippen molar-refractivity contribution in [1.29, 1.82) is 0 Å². The average Bonchev–Trinajstić information content (AvgIpc) is 2.28. The average molecular weight is 260 g/mol. The highest BCUT2D eigenvalue weighted by Crippen LogP contribution is 2.16. The molecule has 0 spiro atoms. The fraction of sp³-hybridized carbons (Fsp3) is 0.417. The van der Waals surface area contributed by atoms with E-state index in [9.17, 15) is 9.18 Å². The molecule has 0 saturated heterocycles. The maximum atomic E-state index is 13.2. The van der Waals surface area contributed by atoms with Crippen LogP contribution in [0.5, 0.6) is 0 Å². The van der Waals surface area contributed by atoms with Gasteiger partial charge in [0.15, 0.2) is 0 Å². The van der Waals surface area contributed by atoms with E-state index in [-0.39, 0.29) is 11.4 Å². The summed E-state index contributed by atoms with van der Waals surface area (Å²) in [5, 5.41) is 8.70. The van der Waals surface area contributed by atoms with E-state index in [0.29, 0.717) is 13.1 Å². The smallest absolute Gasteiger partial charge is 0.304 e. The lowest BCUT2D eigenvalue weighted by Crippen LogP contribution is -2.25. The summed E-state index contributed by atoms with van der Waals surface area (Å²) < 4.78 is 13.2. The molecule has 0 heterocycles. The van der Waals surface area contributed by atoms with Crippen molar-refractivity contribution in [2.45, 2.75) is 19.9 Å². The second-order valence-electron chi connectivity index (χ2n) is 3.76. The van der Waals surface area contributed by atoms with Crippen LogP contribution in [-0.2, 0) is 11.3 Å².